The maximum absolute atomic E-state index is 15.0. The molecular weight excluding hydrogens is 433 g/mol. The van der Waals surface area contributed by atoms with Crippen LogP contribution in [0.5, 0.6) is 28.7 Å². The van der Waals surface area contributed by atoms with Gasteiger partial charge in [-0.1, -0.05) is 6.07 Å². The summed E-state index contributed by atoms with van der Waals surface area (Å²) in [6, 6.07) is 7.35. The molecule has 0 saturated heterocycles. The summed E-state index contributed by atoms with van der Waals surface area (Å²) in [4.78, 5) is 18.1. The molecule has 156 valence electrons. The normalized spacial score (nSPS) is 11.8. The Morgan fingerprint density at radius 3 is 1.93 bits per heavy atom. The van der Waals surface area contributed by atoms with Gasteiger partial charge in [0, 0.05) is 6.42 Å². The summed E-state index contributed by atoms with van der Waals surface area (Å²) in [6.45, 7) is 0. The van der Waals surface area contributed by atoms with E-state index in [1.807, 2.05) is 0 Å². The van der Waals surface area contributed by atoms with Crippen LogP contribution in [0.15, 0.2) is 30.3 Å². The fraction of sp³-hybridized carbons (Fsp3) is 0.333. The molecule has 2 aromatic carbocycles. The van der Waals surface area contributed by atoms with Gasteiger partial charge in [-0.2, -0.15) is 0 Å². The first-order chi connectivity index (χ1) is 13.2. The molecule has 0 saturated carbocycles. The average molecular weight is 456 g/mol. The quantitative estimate of drug-likeness (QED) is 0.417. The Morgan fingerprint density at radius 2 is 1.48 bits per heavy atom. The molecule has 0 aromatic heterocycles. The summed E-state index contributed by atoms with van der Waals surface area (Å²) in [6.07, 6.45) is -1.54. The number of halogens is 1. The van der Waals surface area contributed by atoms with Crippen LogP contribution in [-0.4, -0.2) is 38.2 Å². The zero-order chi connectivity index (χ0) is 20.9. The Labute approximate surface area is 212 Å². The molecule has 11 heteroatoms. The molecule has 1 atom stereocenters. The standard InChI is InChI=1S/C18H22FO8P.K.H/c1-23-14-6-5-11(8-15(14)27-28(20,21)22)7-13(19)12-9-16(24-2)18(26-4)17(10-12)25-3;;/h5-6,8-10,13H,7H2,1-4H3,(H2,20,21,22);;/q;+1;-1. The van der Waals surface area contributed by atoms with E-state index >= 15 is 0 Å². The predicted octanol–water partition coefficient (Wildman–Crippen LogP) is 0.562. The number of alkyl halides is 1. The second kappa shape index (κ2) is 11.5. The van der Waals surface area contributed by atoms with Crippen molar-refractivity contribution in [2.24, 2.45) is 0 Å². The predicted molar refractivity (Wildman–Crippen MR) is 100 cm³/mol. The van der Waals surface area contributed by atoms with Gasteiger partial charge in [-0.15, -0.1) is 0 Å². The van der Waals surface area contributed by atoms with E-state index in [2.05, 4.69) is 4.52 Å². The van der Waals surface area contributed by atoms with E-state index in [-0.39, 0.29) is 70.7 Å². The monoisotopic (exact) mass is 456 g/mol. The molecule has 0 heterocycles. The van der Waals surface area contributed by atoms with Crippen molar-refractivity contribution < 1.29 is 95.0 Å². The maximum Gasteiger partial charge on any atom is 1.00 e. The molecule has 8 nitrogen and oxygen atoms in total. The summed E-state index contributed by atoms with van der Waals surface area (Å²) >= 11 is 0. The van der Waals surface area contributed by atoms with Crippen LogP contribution in [0, 0.1) is 0 Å². The molecule has 29 heavy (non-hydrogen) atoms. The summed E-state index contributed by atoms with van der Waals surface area (Å²) in [5.41, 5.74) is 0.744. The molecule has 0 aliphatic heterocycles. The van der Waals surface area contributed by atoms with E-state index in [0.29, 0.717) is 28.4 Å². The van der Waals surface area contributed by atoms with Crippen molar-refractivity contribution in [1.29, 1.82) is 0 Å². The molecule has 0 bridgehead atoms. The van der Waals surface area contributed by atoms with E-state index in [9.17, 15) is 8.96 Å². The molecule has 0 amide bonds. The van der Waals surface area contributed by atoms with Gasteiger partial charge in [0.2, 0.25) is 5.75 Å². The number of rotatable bonds is 9. The van der Waals surface area contributed by atoms with Crippen LogP contribution in [0.2, 0.25) is 0 Å². The zero-order valence-electron chi connectivity index (χ0n) is 17.8. The number of benzene rings is 2. The van der Waals surface area contributed by atoms with E-state index in [0.717, 1.165) is 0 Å². The third-order valence-corrected chi connectivity index (χ3v) is 4.34. The molecule has 0 aliphatic carbocycles. The van der Waals surface area contributed by atoms with Crippen molar-refractivity contribution in [3.05, 3.63) is 41.5 Å². The van der Waals surface area contributed by atoms with Gasteiger partial charge in [0.25, 0.3) is 0 Å². The van der Waals surface area contributed by atoms with Crippen LogP contribution in [0.4, 0.5) is 4.39 Å². The van der Waals surface area contributed by atoms with Gasteiger partial charge in [-0.3, -0.25) is 9.79 Å². The van der Waals surface area contributed by atoms with Crippen molar-refractivity contribution in [3.8, 4) is 28.7 Å². The fourth-order valence-corrected chi connectivity index (χ4v) is 3.05. The van der Waals surface area contributed by atoms with Crippen molar-refractivity contribution >= 4 is 7.82 Å². The summed E-state index contributed by atoms with van der Waals surface area (Å²) in [5.74, 6) is 0.933. The van der Waals surface area contributed by atoms with E-state index in [4.69, 9.17) is 28.7 Å². The molecule has 0 fully saturated rings. The summed E-state index contributed by atoms with van der Waals surface area (Å²) in [5, 5.41) is 0. The molecule has 0 spiro atoms. The number of ether oxygens (including phenoxy) is 4. The maximum atomic E-state index is 15.0. The van der Waals surface area contributed by atoms with Gasteiger partial charge < -0.3 is 24.9 Å². The van der Waals surface area contributed by atoms with E-state index in [1.165, 1.54) is 52.7 Å². The minimum atomic E-state index is -4.79. The largest absolute Gasteiger partial charge is 1.00 e. The van der Waals surface area contributed by atoms with Gasteiger partial charge in [-0.05, 0) is 35.4 Å². The Morgan fingerprint density at radius 1 is 0.931 bits per heavy atom. The van der Waals surface area contributed by atoms with Gasteiger partial charge >= 0.3 is 59.2 Å². The number of hydrogen-bond acceptors (Lipinski definition) is 6. The first kappa shape index (κ1) is 26.2. The smallest absolute Gasteiger partial charge is 1.00 e. The molecule has 2 N–H and O–H groups in total. The first-order valence-electron chi connectivity index (χ1n) is 8.08. The minimum Gasteiger partial charge on any atom is -1.00 e. The van der Waals surface area contributed by atoms with E-state index in [1.54, 1.807) is 6.07 Å². The van der Waals surface area contributed by atoms with Crippen LogP contribution in [0.1, 0.15) is 18.7 Å². The molecule has 2 aromatic rings. The molecule has 1 unspecified atom stereocenters. The molecule has 0 radical (unpaired) electrons. The summed E-state index contributed by atoms with van der Waals surface area (Å²) < 4.78 is 51.4. The van der Waals surface area contributed by atoms with E-state index < -0.39 is 14.0 Å². The van der Waals surface area contributed by atoms with Gasteiger partial charge in [0.15, 0.2) is 23.0 Å². The van der Waals surface area contributed by atoms with Crippen LogP contribution in [0.25, 0.3) is 0 Å². The fourth-order valence-electron chi connectivity index (χ4n) is 2.65. The number of phosphoric ester groups is 1. The van der Waals surface area contributed by atoms with Crippen molar-refractivity contribution in [2.75, 3.05) is 28.4 Å². The SMILES string of the molecule is COc1ccc(CC(F)c2cc(OC)c(OC)c(OC)c2)cc1OP(=O)(O)O.[H-].[K+]. The topological polar surface area (TPSA) is 104 Å². The summed E-state index contributed by atoms with van der Waals surface area (Å²) in [7, 11) is 0.857. The second-order valence-electron chi connectivity index (χ2n) is 5.70. The van der Waals surface area contributed by atoms with Crippen molar-refractivity contribution in [1.82, 2.24) is 0 Å². The van der Waals surface area contributed by atoms with Crippen LogP contribution < -0.4 is 74.9 Å². The van der Waals surface area contributed by atoms with Crippen LogP contribution in [-0.2, 0) is 11.0 Å². The number of methoxy groups -OCH3 is 4. The Bertz CT molecular complexity index is 854. The number of phosphoric acid groups is 1. The van der Waals surface area contributed by atoms with Crippen molar-refractivity contribution in [2.45, 2.75) is 12.6 Å². The van der Waals surface area contributed by atoms with Gasteiger partial charge in [-0.25, -0.2) is 8.96 Å². The Kier molecular flexibility index (Phi) is 10.4. The third-order valence-electron chi connectivity index (χ3n) is 3.91. The van der Waals surface area contributed by atoms with Gasteiger partial charge in [0.05, 0.1) is 28.4 Å². The average Bonchev–Trinajstić information content (AvgIpc) is 2.65. The molecular formula is C18H23FKO8P. The number of hydrogen-bond donors (Lipinski definition) is 2. The van der Waals surface area contributed by atoms with Gasteiger partial charge in [0.1, 0.15) is 6.17 Å². The van der Waals surface area contributed by atoms with Crippen LogP contribution in [0.3, 0.4) is 0 Å². The zero-order valence-corrected chi connectivity index (χ0v) is 20.9. The van der Waals surface area contributed by atoms with Crippen molar-refractivity contribution in [3.63, 3.8) is 0 Å². The molecule has 0 aliphatic rings. The van der Waals surface area contributed by atoms with Crippen LogP contribution >= 0.6 is 7.82 Å². The Balaban J connectivity index is 0.00000420. The Hall–Kier alpha value is -0.844. The third kappa shape index (κ3) is 7.11. The minimum absolute atomic E-state index is 0. The second-order valence-corrected chi connectivity index (χ2v) is 6.86. The first-order valence-corrected chi connectivity index (χ1v) is 9.61. The molecule has 2 rings (SSSR count).